The average Bonchev–Trinajstić information content (AvgIpc) is 3.21. The molecule has 1 aliphatic heterocycles. The largest absolute Gasteiger partial charge is 0.328 e. The Kier molecular flexibility index (Phi) is 4.10. The number of benzene rings is 2. The maximum Gasteiger partial charge on any atom is 0.276 e. The summed E-state index contributed by atoms with van der Waals surface area (Å²) in [6.07, 6.45) is 3.72. The third-order valence-corrected chi connectivity index (χ3v) is 4.57. The van der Waals surface area contributed by atoms with Gasteiger partial charge in [-0.05, 0) is 30.4 Å². The van der Waals surface area contributed by atoms with Crippen molar-refractivity contribution in [2.75, 3.05) is 7.05 Å². The molecule has 1 aliphatic rings. The fraction of sp³-hybridized carbons (Fsp3) is 0.0500. The minimum atomic E-state index is -0.151. The van der Waals surface area contributed by atoms with E-state index in [1.807, 2.05) is 71.5 Å². The van der Waals surface area contributed by atoms with Gasteiger partial charge in [-0.2, -0.15) is 5.10 Å². The second-order valence-corrected chi connectivity index (χ2v) is 6.32. The molecule has 0 spiro atoms. The van der Waals surface area contributed by atoms with E-state index in [1.54, 1.807) is 13.1 Å². The highest BCUT2D eigenvalue weighted by Gasteiger charge is 2.27. The van der Waals surface area contributed by atoms with E-state index in [9.17, 15) is 4.79 Å². The van der Waals surface area contributed by atoms with Gasteiger partial charge in [-0.1, -0.05) is 48.5 Å². The van der Waals surface area contributed by atoms with Crippen molar-refractivity contribution in [3.05, 3.63) is 78.1 Å². The van der Waals surface area contributed by atoms with Crippen molar-refractivity contribution < 1.29 is 4.79 Å². The molecule has 0 bridgehead atoms. The minimum Gasteiger partial charge on any atom is -0.328 e. The number of likely N-dealkylation sites (N-methyl/N-ethyl adjacent to an activating group) is 1. The molecular weight excluding hydrogens is 344 g/mol. The third-order valence-electron chi connectivity index (χ3n) is 4.19. The summed E-state index contributed by atoms with van der Waals surface area (Å²) < 4.78 is 1.82. The molecule has 0 aliphatic carbocycles. The number of thiocarbonyl (C=S) groups is 1. The Morgan fingerprint density at radius 3 is 2.31 bits per heavy atom. The number of carbonyl (C=O) groups is 1. The molecule has 128 valence electrons. The van der Waals surface area contributed by atoms with Gasteiger partial charge in [0.25, 0.3) is 5.91 Å². The normalized spacial score (nSPS) is 15.6. The molecular formula is C20H16N4OS. The zero-order chi connectivity index (χ0) is 18.1. The Hall–Kier alpha value is -3.25. The van der Waals surface area contributed by atoms with Gasteiger partial charge in [0.1, 0.15) is 11.4 Å². The van der Waals surface area contributed by atoms with E-state index in [4.69, 9.17) is 17.3 Å². The van der Waals surface area contributed by atoms with Gasteiger partial charge in [-0.3, -0.25) is 9.69 Å². The van der Waals surface area contributed by atoms with Crippen molar-refractivity contribution in [2.45, 2.75) is 0 Å². The molecule has 6 heteroatoms. The lowest BCUT2D eigenvalue weighted by Crippen LogP contribution is -2.25. The predicted octanol–water partition coefficient (Wildman–Crippen LogP) is 3.23. The second-order valence-electron chi connectivity index (χ2n) is 5.93. The van der Waals surface area contributed by atoms with Gasteiger partial charge in [-0.25, -0.2) is 4.68 Å². The molecule has 26 heavy (non-hydrogen) atoms. The van der Waals surface area contributed by atoms with Crippen molar-refractivity contribution in [1.29, 1.82) is 0 Å². The quantitative estimate of drug-likeness (QED) is 0.576. The maximum absolute atomic E-state index is 12.3. The van der Waals surface area contributed by atoms with Crippen molar-refractivity contribution in [1.82, 2.24) is 20.0 Å². The van der Waals surface area contributed by atoms with Gasteiger partial charge in [0.2, 0.25) is 0 Å². The van der Waals surface area contributed by atoms with E-state index in [0.717, 1.165) is 22.5 Å². The lowest BCUT2D eigenvalue weighted by molar-refractivity contribution is -0.121. The van der Waals surface area contributed by atoms with Crippen LogP contribution in [0.5, 0.6) is 0 Å². The first-order chi connectivity index (χ1) is 12.6. The Bertz CT molecular complexity index is 1010. The van der Waals surface area contributed by atoms with E-state index < -0.39 is 0 Å². The molecule has 1 amide bonds. The van der Waals surface area contributed by atoms with Gasteiger partial charge < -0.3 is 5.32 Å². The van der Waals surface area contributed by atoms with E-state index in [1.165, 1.54) is 4.90 Å². The van der Waals surface area contributed by atoms with Crippen LogP contribution in [0.4, 0.5) is 0 Å². The first kappa shape index (κ1) is 16.2. The average molecular weight is 360 g/mol. The van der Waals surface area contributed by atoms with Crippen molar-refractivity contribution in [3.8, 4) is 16.9 Å². The standard InChI is InChI=1S/C20H16N4OS/c1-23-19(25)17(21-20(23)26)12-15-13-24(16-10-6-3-7-11-16)22-18(15)14-8-4-2-5-9-14/h2-13H,1H3,(H,21,26). The summed E-state index contributed by atoms with van der Waals surface area (Å²) in [5, 5.41) is 8.10. The number of rotatable bonds is 3. The molecule has 2 heterocycles. The number of hydrogen-bond donors (Lipinski definition) is 1. The van der Waals surface area contributed by atoms with Crippen LogP contribution < -0.4 is 5.32 Å². The van der Waals surface area contributed by atoms with Crippen LogP contribution in [0.3, 0.4) is 0 Å². The molecule has 5 nitrogen and oxygen atoms in total. The lowest BCUT2D eigenvalue weighted by Gasteiger charge is -2.02. The Labute approximate surface area is 156 Å². The Morgan fingerprint density at radius 2 is 1.69 bits per heavy atom. The van der Waals surface area contributed by atoms with Crippen LogP contribution in [0, 0.1) is 0 Å². The molecule has 1 aromatic heterocycles. The number of para-hydroxylation sites is 1. The zero-order valence-corrected chi connectivity index (χ0v) is 14.9. The SMILES string of the molecule is CN1C(=O)C(=Cc2cn(-c3ccccc3)nc2-c2ccccc2)NC1=S. The van der Waals surface area contributed by atoms with Gasteiger partial charge in [0, 0.05) is 24.4 Å². The number of nitrogens with one attached hydrogen (secondary N) is 1. The summed E-state index contributed by atoms with van der Waals surface area (Å²) in [7, 11) is 1.66. The van der Waals surface area contributed by atoms with E-state index in [2.05, 4.69) is 5.32 Å². The molecule has 1 N–H and O–H groups in total. The molecule has 3 aromatic rings. The third kappa shape index (κ3) is 2.91. The molecule has 0 saturated carbocycles. The van der Waals surface area contributed by atoms with Crippen LogP contribution in [0.25, 0.3) is 23.0 Å². The number of nitrogens with zero attached hydrogens (tertiary/aromatic N) is 3. The second kappa shape index (κ2) is 6.57. The van der Waals surface area contributed by atoms with Crippen LogP contribution in [0.15, 0.2) is 72.6 Å². The zero-order valence-electron chi connectivity index (χ0n) is 14.1. The van der Waals surface area contributed by atoms with Crippen LogP contribution >= 0.6 is 12.2 Å². The fourth-order valence-electron chi connectivity index (χ4n) is 2.81. The van der Waals surface area contributed by atoms with Crippen LogP contribution in [-0.2, 0) is 4.79 Å². The number of carbonyl (C=O) groups excluding carboxylic acids is 1. The fourth-order valence-corrected chi connectivity index (χ4v) is 3.00. The highest BCUT2D eigenvalue weighted by molar-refractivity contribution is 7.80. The van der Waals surface area contributed by atoms with Gasteiger partial charge in [0.15, 0.2) is 5.11 Å². The van der Waals surface area contributed by atoms with Crippen molar-refractivity contribution >= 4 is 29.3 Å². The monoisotopic (exact) mass is 360 g/mol. The van der Waals surface area contributed by atoms with Crippen molar-refractivity contribution in [2.24, 2.45) is 0 Å². The molecule has 1 saturated heterocycles. The topological polar surface area (TPSA) is 50.2 Å². The molecule has 4 rings (SSSR count). The summed E-state index contributed by atoms with van der Waals surface area (Å²) >= 11 is 5.15. The van der Waals surface area contributed by atoms with E-state index >= 15 is 0 Å². The summed E-state index contributed by atoms with van der Waals surface area (Å²) in [5.41, 5.74) is 4.02. The van der Waals surface area contributed by atoms with Crippen LogP contribution in [0.1, 0.15) is 5.56 Å². The smallest absolute Gasteiger partial charge is 0.276 e. The summed E-state index contributed by atoms with van der Waals surface area (Å²) in [6.45, 7) is 0. The lowest BCUT2D eigenvalue weighted by atomic mass is 10.1. The summed E-state index contributed by atoms with van der Waals surface area (Å²) in [4.78, 5) is 13.7. The van der Waals surface area contributed by atoms with Gasteiger partial charge >= 0.3 is 0 Å². The van der Waals surface area contributed by atoms with E-state index in [0.29, 0.717) is 10.8 Å². The highest BCUT2D eigenvalue weighted by Crippen LogP contribution is 2.26. The Morgan fingerprint density at radius 1 is 1.04 bits per heavy atom. The highest BCUT2D eigenvalue weighted by atomic mass is 32.1. The number of hydrogen-bond acceptors (Lipinski definition) is 3. The molecule has 0 atom stereocenters. The first-order valence-corrected chi connectivity index (χ1v) is 8.55. The predicted molar refractivity (Wildman–Crippen MR) is 105 cm³/mol. The summed E-state index contributed by atoms with van der Waals surface area (Å²) in [6, 6.07) is 19.8. The van der Waals surface area contributed by atoms with Gasteiger partial charge in [0.05, 0.1) is 5.69 Å². The maximum atomic E-state index is 12.3. The molecule has 2 aromatic carbocycles. The first-order valence-electron chi connectivity index (χ1n) is 8.15. The molecule has 0 radical (unpaired) electrons. The van der Waals surface area contributed by atoms with Gasteiger partial charge in [-0.15, -0.1) is 0 Å². The van der Waals surface area contributed by atoms with Crippen molar-refractivity contribution in [3.63, 3.8) is 0 Å². The Balaban J connectivity index is 1.84. The minimum absolute atomic E-state index is 0.151. The van der Waals surface area contributed by atoms with Crippen LogP contribution in [-0.4, -0.2) is 32.7 Å². The molecule has 0 unspecified atom stereocenters. The number of amides is 1. The molecule has 1 fully saturated rings. The van der Waals surface area contributed by atoms with E-state index in [-0.39, 0.29) is 5.91 Å². The van der Waals surface area contributed by atoms with Crippen LogP contribution in [0.2, 0.25) is 0 Å². The summed E-state index contributed by atoms with van der Waals surface area (Å²) in [5.74, 6) is -0.151. The number of aromatic nitrogens is 2.